The van der Waals surface area contributed by atoms with Gasteiger partial charge in [0.1, 0.15) is 6.61 Å². The number of hydrogen-bond donors (Lipinski definition) is 3. The highest BCUT2D eigenvalue weighted by molar-refractivity contribution is 5.87. The quantitative estimate of drug-likeness (QED) is 0.290. The number of ether oxygens (including phenoxy) is 3. The van der Waals surface area contributed by atoms with Crippen LogP contribution < -0.4 is 0 Å². The van der Waals surface area contributed by atoms with E-state index >= 15 is 0 Å². The number of allylic oxidation sites excluding steroid dienone is 2. The van der Waals surface area contributed by atoms with Gasteiger partial charge in [0, 0.05) is 12.8 Å². The van der Waals surface area contributed by atoms with Gasteiger partial charge in [0.25, 0.3) is 0 Å². The Morgan fingerprint density at radius 2 is 1.62 bits per heavy atom. The molecule has 0 bridgehead atoms. The second-order valence-electron chi connectivity index (χ2n) is 9.29. The van der Waals surface area contributed by atoms with Crippen molar-refractivity contribution in [2.75, 3.05) is 0 Å². The molecule has 0 aliphatic carbocycles. The van der Waals surface area contributed by atoms with Gasteiger partial charge in [0.2, 0.25) is 6.29 Å². The Hall–Kier alpha value is -3.50. The molecule has 0 amide bonds. The summed E-state index contributed by atoms with van der Waals surface area (Å²) in [6, 6.07) is 8.99. The Kier molecular flexibility index (Phi) is 12.2. The molecule has 37 heavy (non-hydrogen) atoms. The number of aliphatic carboxylic acids is 2. The normalized spacial score (nSPS) is 19.8. The number of aliphatic hydroxyl groups is 1. The molecule has 204 valence electrons. The third kappa shape index (κ3) is 11.0. The maximum Gasteiger partial charge on any atom is 0.341 e. The molecule has 1 fully saturated rings. The number of rotatable bonds is 11. The largest absolute Gasteiger partial charge is 0.481 e. The summed E-state index contributed by atoms with van der Waals surface area (Å²) in [6.45, 7) is 8.92. The minimum Gasteiger partial charge on any atom is -0.481 e. The summed E-state index contributed by atoms with van der Waals surface area (Å²) in [5, 5.41) is 27.9. The van der Waals surface area contributed by atoms with E-state index in [4.69, 9.17) is 24.4 Å². The molecule has 1 heterocycles. The van der Waals surface area contributed by atoms with Crippen molar-refractivity contribution in [3.05, 3.63) is 59.2 Å². The Morgan fingerprint density at radius 3 is 2.08 bits per heavy atom. The van der Waals surface area contributed by atoms with Crippen LogP contribution in [0.3, 0.4) is 0 Å². The molecule has 1 saturated heterocycles. The number of carbonyl (C=O) groups excluding carboxylic acids is 2. The average molecular weight is 521 g/mol. The summed E-state index contributed by atoms with van der Waals surface area (Å²) < 4.78 is 15.2. The zero-order valence-corrected chi connectivity index (χ0v) is 21.9. The topological polar surface area (TPSA) is 157 Å². The monoisotopic (exact) mass is 520 g/mol. The fourth-order valence-electron chi connectivity index (χ4n) is 3.29. The lowest BCUT2D eigenvalue weighted by Crippen LogP contribution is -2.41. The molecule has 0 spiro atoms. The lowest BCUT2D eigenvalue weighted by atomic mass is 9.94. The van der Waals surface area contributed by atoms with Gasteiger partial charge in [0.05, 0.1) is 12.8 Å². The standard InChI is InChI=1S/C16H20O5.C11H16O5/c1-12(2)8-9-16(20,10-14(17)18)15(19)21-11-13-6-4-3-5-7-13;1-7(2)4-5-11(6-9(12)13)10(14)15-8(3)16-11/h3-8,20H,9-11H2,1-2H3,(H,17,18);4,8H,5-6H2,1-3H3,(H,12,13)/t16-;8-,11?/m10/s1. The van der Waals surface area contributed by atoms with E-state index in [0.29, 0.717) is 0 Å². The van der Waals surface area contributed by atoms with Gasteiger partial charge in [-0.2, -0.15) is 0 Å². The number of benzene rings is 1. The number of carbonyl (C=O) groups is 4. The number of hydrogen-bond acceptors (Lipinski definition) is 8. The molecule has 10 nitrogen and oxygen atoms in total. The van der Waals surface area contributed by atoms with Crippen LogP contribution in [0.2, 0.25) is 0 Å². The molecule has 1 aromatic carbocycles. The lowest BCUT2D eigenvalue weighted by Gasteiger charge is -2.23. The highest BCUT2D eigenvalue weighted by atomic mass is 16.8. The molecular weight excluding hydrogens is 484 g/mol. The molecule has 3 atom stereocenters. The number of carboxylic acid groups (broad SMARTS) is 2. The van der Waals surface area contributed by atoms with Crippen molar-refractivity contribution in [3.63, 3.8) is 0 Å². The van der Waals surface area contributed by atoms with E-state index in [-0.39, 0.29) is 25.9 Å². The Morgan fingerprint density at radius 1 is 1.03 bits per heavy atom. The van der Waals surface area contributed by atoms with Gasteiger partial charge in [-0.05, 0) is 40.2 Å². The van der Waals surface area contributed by atoms with E-state index in [1.54, 1.807) is 57.2 Å². The molecule has 2 rings (SSSR count). The number of esters is 2. The van der Waals surface area contributed by atoms with Gasteiger partial charge in [-0.25, -0.2) is 9.59 Å². The van der Waals surface area contributed by atoms with Crippen molar-refractivity contribution < 1.29 is 48.7 Å². The van der Waals surface area contributed by atoms with Gasteiger partial charge in [-0.15, -0.1) is 0 Å². The molecule has 0 radical (unpaired) electrons. The zero-order chi connectivity index (χ0) is 28.2. The maximum absolute atomic E-state index is 12.0. The van der Waals surface area contributed by atoms with E-state index in [0.717, 1.165) is 16.7 Å². The van der Waals surface area contributed by atoms with Gasteiger partial charge >= 0.3 is 23.9 Å². The first-order valence-electron chi connectivity index (χ1n) is 11.7. The maximum atomic E-state index is 12.0. The molecule has 0 saturated carbocycles. The van der Waals surface area contributed by atoms with Crippen molar-refractivity contribution in [2.24, 2.45) is 0 Å². The number of cyclic esters (lactones) is 1. The van der Waals surface area contributed by atoms with E-state index in [2.05, 4.69) is 0 Å². The van der Waals surface area contributed by atoms with E-state index < -0.39 is 47.8 Å². The Labute approximate surface area is 216 Å². The van der Waals surface area contributed by atoms with Crippen LogP contribution in [0.1, 0.15) is 65.9 Å². The van der Waals surface area contributed by atoms with Crippen LogP contribution in [0, 0.1) is 0 Å². The predicted octanol–water partition coefficient (Wildman–Crippen LogP) is 3.77. The van der Waals surface area contributed by atoms with Crippen LogP contribution in [0.5, 0.6) is 0 Å². The first-order valence-corrected chi connectivity index (χ1v) is 11.7. The van der Waals surface area contributed by atoms with Crippen molar-refractivity contribution >= 4 is 23.9 Å². The van der Waals surface area contributed by atoms with Crippen LogP contribution in [-0.4, -0.2) is 56.7 Å². The molecule has 1 aliphatic rings. The summed E-state index contributed by atoms with van der Waals surface area (Å²) in [6.07, 6.45) is 1.79. The highest BCUT2D eigenvalue weighted by Gasteiger charge is 2.50. The Balaban J connectivity index is 0.000000384. The third-order valence-corrected chi connectivity index (χ3v) is 5.20. The minimum absolute atomic E-state index is 0.00355. The fraction of sp³-hybridized carbons (Fsp3) is 0.481. The summed E-state index contributed by atoms with van der Waals surface area (Å²) in [4.78, 5) is 45.2. The fourth-order valence-corrected chi connectivity index (χ4v) is 3.29. The summed E-state index contributed by atoms with van der Waals surface area (Å²) >= 11 is 0. The van der Waals surface area contributed by atoms with Crippen molar-refractivity contribution in [1.29, 1.82) is 0 Å². The number of carboxylic acids is 2. The predicted molar refractivity (Wildman–Crippen MR) is 133 cm³/mol. The molecule has 1 unspecified atom stereocenters. The summed E-state index contributed by atoms with van der Waals surface area (Å²) in [7, 11) is 0. The smallest absolute Gasteiger partial charge is 0.341 e. The van der Waals surface area contributed by atoms with Crippen LogP contribution in [0.15, 0.2) is 53.6 Å². The summed E-state index contributed by atoms with van der Waals surface area (Å²) in [5.74, 6) is -3.85. The van der Waals surface area contributed by atoms with Gasteiger partial charge < -0.3 is 29.5 Å². The zero-order valence-electron chi connectivity index (χ0n) is 21.9. The van der Waals surface area contributed by atoms with Crippen molar-refractivity contribution in [1.82, 2.24) is 0 Å². The second kappa shape index (κ2) is 14.3. The van der Waals surface area contributed by atoms with Gasteiger partial charge in [-0.3, -0.25) is 9.59 Å². The van der Waals surface area contributed by atoms with E-state index in [1.807, 2.05) is 19.9 Å². The van der Waals surface area contributed by atoms with Gasteiger partial charge in [0.15, 0.2) is 11.2 Å². The van der Waals surface area contributed by atoms with E-state index in [1.165, 1.54) is 0 Å². The first kappa shape index (κ1) is 31.5. The highest BCUT2D eigenvalue weighted by Crippen LogP contribution is 2.32. The van der Waals surface area contributed by atoms with Crippen LogP contribution in [-0.2, 0) is 40.0 Å². The minimum atomic E-state index is -2.04. The van der Waals surface area contributed by atoms with Crippen molar-refractivity contribution in [2.45, 2.75) is 84.4 Å². The molecule has 1 aliphatic heterocycles. The summed E-state index contributed by atoms with van der Waals surface area (Å²) in [5.41, 5.74) is -0.749. The SMILES string of the molecule is CC(C)=CCC1(CC(=O)O)O[C@@H](C)OC1=O.CC(C)=CC[C@@](O)(CC(=O)O)C(=O)OCc1ccccc1. The van der Waals surface area contributed by atoms with Gasteiger partial charge in [-0.1, -0.05) is 53.6 Å². The van der Waals surface area contributed by atoms with Crippen LogP contribution >= 0.6 is 0 Å². The van der Waals surface area contributed by atoms with Crippen molar-refractivity contribution in [3.8, 4) is 0 Å². The molecular formula is C27H36O10. The molecule has 0 aromatic heterocycles. The Bertz CT molecular complexity index is 1010. The molecule has 3 N–H and O–H groups in total. The van der Waals surface area contributed by atoms with Crippen LogP contribution in [0.25, 0.3) is 0 Å². The first-order chi connectivity index (χ1) is 17.2. The van der Waals surface area contributed by atoms with E-state index in [9.17, 15) is 24.3 Å². The molecule has 1 aromatic rings. The average Bonchev–Trinajstić information content (AvgIpc) is 3.07. The molecule has 10 heteroatoms. The lowest BCUT2D eigenvalue weighted by molar-refractivity contribution is -0.171. The third-order valence-electron chi connectivity index (χ3n) is 5.20. The van der Waals surface area contributed by atoms with Crippen LogP contribution in [0.4, 0.5) is 0 Å². The second-order valence-corrected chi connectivity index (χ2v) is 9.29.